The van der Waals surface area contributed by atoms with Crippen LogP contribution in [0.15, 0.2) is 94.7 Å². The van der Waals surface area contributed by atoms with Gasteiger partial charge in [0.2, 0.25) is 0 Å². The molecule has 0 atom stereocenters. The standard InChI is InChI=1S/C27H24N6O9S2/c28-17-5-1-15(2-6-17)25(34)32-21-11-9-19(13-23(21)43(37,38)39)30-27(36)31-20-10-12-22(24(14-20)44(40,41)42)33-26(35)16-3-7-18(29)8-4-16/h1-14H,28-29H2,(H,32,34)(H,33,35)(H2,30,31,36)(H,37,38,39)(H,40,41,42). The van der Waals surface area contributed by atoms with Crippen LogP contribution in [-0.4, -0.2) is 43.8 Å². The highest BCUT2D eigenvalue weighted by atomic mass is 32.2. The molecule has 10 N–H and O–H groups in total. The molecule has 0 aliphatic carbocycles. The number of rotatable bonds is 8. The van der Waals surface area contributed by atoms with E-state index in [0.29, 0.717) is 11.4 Å². The fraction of sp³-hybridized carbons (Fsp3) is 0. The molecular formula is C27H24N6O9S2. The number of nitrogens with one attached hydrogen (secondary N) is 4. The predicted octanol–water partition coefficient (Wildman–Crippen LogP) is 3.49. The van der Waals surface area contributed by atoms with Crippen molar-refractivity contribution in [2.75, 3.05) is 32.7 Å². The highest BCUT2D eigenvalue weighted by Crippen LogP contribution is 2.28. The van der Waals surface area contributed by atoms with Crippen molar-refractivity contribution in [3.05, 3.63) is 96.1 Å². The van der Waals surface area contributed by atoms with Gasteiger partial charge >= 0.3 is 6.03 Å². The molecule has 0 saturated carbocycles. The van der Waals surface area contributed by atoms with Gasteiger partial charge in [0.05, 0.1) is 11.4 Å². The number of nitrogen functional groups attached to an aromatic ring is 2. The van der Waals surface area contributed by atoms with E-state index in [1.54, 1.807) is 0 Å². The Bertz CT molecular complexity index is 1840. The van der Waals surface area contributed by atoms with Crippen LogP contribution in [0.3, 0.4) is 0 Å². The molecule has 17 heteroatoms. The molecule has 0 radical (unpaired) electrons. The van der Waals surface area contributed by atoms with Crippen molar-refractivity contribution in [3.8, 4) is 0 Å². The minimum atomic E-state index is -4.89. The lowest BCUT2D eigenvalue weighted by Gasteiger charge is -2.14. The van der Waals surface area contributed by atoms with Crippen LogP contribution < -0.4 is 32.7 Å². The lowest BCUT2D eigenvalue weighted by Crippen LogP contribution is -2.21. The lowest BCUT2D eigenvalue weighted by atomic mass is 10.2. The first-order valence-corrected chi connectivity index (χ1v) is 15.1. The molecule has 0 unspecified atom stereocenters. The molecule has 0 aliphatic rings. The quantitative estimate of drug-likeness (QED) is 0.102. The van der Waals surface area contributed by atoms with Crippen LogP contribution in [-0.2, 0) is 20.2 Å². The van der Waals surface area contributed by atoms with E-state index in [4.69, 9.17) is 11.5 Å². The third-order valence-electron chi connectivity index (χ3n) is 5.88. The number of hydrogen-bond donors (Lipinski definition) is 8. The number of urea groups is 1. The minimum Gasteiger partial charge on any atom is -0.399 e. The van der Waals surface area contributed by atoms with Crippen LogP contribution >= 0.6 is 0 Å². The number of nitrogens with two attached hydrogens (primary N) is 2. The molecular weight excluding hydrogens is 616 g/mol. The second kappa shape index (κ2) is 12.4. The zero-order valence-electron chi connectivity index (χ0n) is 22.3. The summed E-state index contributed by atoms with van der Waals surface area (Å²) in [6, 6.07) is 17.0. The molecule has 228 valence electrons. The van der Waals surface area contributed by atoms with E-state index in [9.17, 15) is 40.3 Å². The van der Waals surface area contributed by atoms with Crippen LogP contribution in [0.25, 0.3) is 0 Å². The second-order valence-corrected chi connectivity index (χ2v) is 11.9. The summed E-state index contributed by atoms with van der Waals surface area (Å²) in [5, 5.41) is 9.34. The lowest BCUT2D eigenvalue weighted by molar-refractivity contribution is 0.101. The third kappa shape index (κ3) is 7.86. The SMILES string of the molecule is Nc1ccc(C(=O)Nc2ccc(NC(=O)Nc3ccc(NC(=O)c4ccc(N)cc4)c(S(=O)(=O)O)c3)cc2S(=O)(=O)O)cc1. The van der Waals surface area contributed by atoms with Crippen molar-refractivity contribution in [3.63, 3.8) is 0 Å². The Morgan fingerprint density at radius 2 is 0.864 bits per heavy atom. The van der Waals surface area contributed by atoms with Crippen LogP contribution in [0.2, 0.25) is 0 Å². The molecule has 4 aromatic carbocycles. The highest BCUT2D eigenvalue weighted by Gasteiger charge is 2.21. The molecule has 0 aromatic heterocycles. The predicted molar refractivity (Wildman–Crippen MR) is 163 cm³/mol. The largest absolute Gasteiger partial charge is 0.399 e. The number of amides is 4. The topological polar surface area (TPSA) is 260 Å². The number of carbonyl (C=O) groups excluding carboxylic acids is 3. The van der Waals surface area contributed by atoms with E-state index >= 15 is 0 Å². The average molecular weight is 641 g/mol. The molecule has 15 nitrogen and oxygen atoms in total. The molecule has 0 aliphatic heterocycles. The fourth-order valence-corrected chi connectivity index (χ4v) is 5.13. The molecule has 0 fully saturated rings. The van der Waals surface area contributed by atoms with Gasteiger partial charge in [-0.2, -0.15) is 16.8 Å². The Hall–Kier alpha value is -5.49. The first-order valence-electron chi connectivity index (χ1n) is 12.2. The van der Waals surface area contributed by atoms with Gasteiger partial charge in [-0.3, -0.25) is 18.7 Å². The Balaban J connectivity index is 1.52. The number of benzene rings is 4. The summed E-state index contributed by atoms with van der Waals surface area (Å²) in [5.41, 5.74) is 11.5. The molecule has 44 heavy (non-hydrogen) atoms. The van der Waals surface area contributed by atoms with Crippen molar-refractivity contribution in [1.29, 1.82) is 0 Å². The van der Waals surface area contributed by atoms with E-state index in [1.807, 2.05) is 0 Å². The summed E-state index contributed by atoms with van der Waals surface area (Å²) in [5.74, 6) is -1.40. The van der Waals surface area contributed by atoms with E-state index in [0.717, 1.165) is 24.3 Å². The van der Waals surface area contributed by atoms with Crippen molar-refractivity contribution in [1.82, 2.24) is 0 Å². The number of hydrogen-bond acceptors (Lipinski definition) is 9. The maximum atomic E-state index is 12.6. The van der Waals surface area contributed by atoms with E-state index < -0.39 is 47.9 Å². The summed E-state index contributed by atoms with van der Waals surface area (Å²) < 4.78 is 67.6. The van der Waals surface area contributed by atoms with Crippen molar-refractivity contribution < 1.29 is 40.3 Å². The van der Waals surface area contributed by atoms with Crippen LogP contribution in [0.4, 0.5) is 38.9 Å². The van der Waals surface area contributed by atoms with Crippen molar-refractivity contribution in [2.24, 2.45) is 0 Å². The number of anilines is 6. The van der Waals surface area contributed by atoms with Gasteiger partial charge in [0.25, 0.3) is 32.1 Å². The summed E-state index contributed by atoms with van der Waals surface area (Å²) >= 11 is 0. The molecule has 4 amide bonds. The van der Waals surface area contributed by atoms with Gasteiger partial charge in [-0.05, 0) is 84.9 Å². The summed E-state index contributed by atoms with van der Waals surface area (Å²) in [7, 11) is -9.77. The molecule has 0 heterocycles. The maximum Gasteiger partial charge on any atom is 0.323 e. The summed E-state index contributed by atoms with van der Waals surface area (Å²) in [6.45, 7) is 0. The molecule has 0 saturated heterocycles. The van der Waals surface area contributed by atoms with Gasteiger partial charge in [0, 0.05) is 33.9 Å². The smallest absolute Gasteiger partial charge is 0.323 e. The van der Waals surface area contributed by atoms with Crippen LogP contribution in [0.5, 0.6) is 0 Å². The summed E-state index contributed by atoms with van der Waals surface area (Å²) in [4.78, 5) is 36.3. The molecule has 0 spiro atoms. The van der Waals surface area contributed by atoms with Gasteiger partial charge in [-0.25, -0.2) is 4.79 Å². The van der Waals surface area contributed by atoms with Crippen molar-refractivity contribution >= 4 is 72.2 Å². The van der Waals surface area contributed by atoms with Crippen LogP contribution in [0, 0.1) is 0 Å². The fourth-order valence-electron chi connectivity index (χ4n) is 3.78. The van der Waals surface area contributed by atoms with Gasteiger partial charge in [0.15, 0.2) is 0 Å². The Morgan fingerprint density at radius 1 is 0.523 bits per heavy atom. The second-order valence-electron chi connectivity index (χ2n) is 9.10. The molecule has 4 rings (SSSR count). The zero-order valence-corrected chi connectivity index (χ0v) is 23.9. The average Bonchev–Trinajstić information content (AvgIpc) is 2.94. The van der Waals surface area contributed by atoms with E-state index in [2.05, 4.69) is 21.3 Å². The molecule has 4 aromatic rings. The highest BCUT2D eigenvalue weighted by molar-refractivity contribution is 7.86. The Kier molecular flexibility index (Phi) is 8.86. The normalized spacial score (nSPS) is 11.3. The van der Waals surface area contributed by atoms with E-state index in [-0.39, 0.29) is 33.9 Å². The van der Waals surface area contributed by atoms with Crippen LogP contribution in [0.1, 0.15) is 20.7 Å². The minimum absolute atomic E-state index is 0.136. The Morgan fingerprint density at radius 3 is 1.18 bits per heavy atom. The molecule has 0 bridgehead atoms. The van der Waals surface area contributed by atoms with Gasteiger partial charge in [-0.1, -0.05) is 0 Å². The van der Waals surface area contributed by atoms with Gasteiger partial charge in [-0.15, -0.1) is 0 Å². The van der Waals surface area contributed by atoms with Gasteiger partial charge < -0.3 is 32.7 Å². The van der Waals surface area contributed by atoms with Gasteiger partial charge in [0.1, 0.15) is 9.79 Å². The first-order chi connectivity index (χ1) is 20.6. The monoisotopic (exact) mass is 640 g/mol. The summed E-state index contributed by atoms with van der Waals surface area (Å²) in [6.07, 6.45) is 0. The zero-order chi connectivity index (χ0) is 32.2. The van der Waals surface area contributed by atoms with E-state index in [1.165, 1.54) is 60.7 Å². The maximum absolute atomic E-state index is 12.6. The van der Waals surface area contributed by atoms with Crippen molar-refractivity contribution in [2.45, 2.75) is 9.79 Å². The first kappa shape index (κ1) is 31.4. The third-order valence-corrected chi connectivity index (χ3v) is 7.66. The number of carbonyl (C=O) groups is 3. The Labute approximate surface area is 250 Å².